The van der Waals surface area contributed by atoms with Gasteiger partial charge in [-0.25, -0.2) is 0 Å². The third-order valence-electron chi connectivity index (χ3n) is 4.30. The summed E-state index contributed by atoms with van der Waals surface area (Å²) in [5, 5.41) is 9.26. The van der Waals surface area contributed by atoms with Crippen molar-refractivity contribution in [2.45, 2.75) is 39.2 Å². The zero-order valence-corrected chi connectivity index (χ0v) is 13.1. The van der Waals surface area contributed by atoms with Crippen molar-refractivity contribution in [1.29, 1.82) is 0 Å². The van der Waals surface area contributed by atoms with E-state index < -0.39 is 0 Å². The molecule has 0 saturated heterocycles. The molecule has 4 nitrogen and oxygen atoms in total. The van der Waals surface area contributed by atoms with E-state index in [-0.39, 0.29) is 12.0 Å². The van der Waals surface area contributed by atoms with Gasteiger partial charge in [-0.05, 0) is 49.8 Å². The summed E-state index contributed by atoms with van der Waals surface area (Å²) >= 11 is 0. The van der Waals surface area contributed by atoms with Crippen LogP contribution >= 0.6 is 0 Å². The average molecular weight is 291 g/mol. The van der Waals surface area contributed by atoms with Crippen LogP contribution in [0.4, 0.5) is 0 Å². The van der Waals surface area contributed by atoms with E-state index in [0.29, 0.717) is 18.9 Å². The maximum absolute atomic E-state index is 12.0. The number of ether oxygens (including phenoxy) is 1. The topological polar surface area (TPSA) is 49.8 Å². The second-order valence-corrected chi connectivity index (χ2v) is 6.06. The van der Waals surface area contributed by atoms with Crippen LogP contribution in [0.5, 0.6) is 5.75 Å². The summed E-state index contributed by atoms with van der Waals surface area (Å²) in [6, 6.07) is 5.95. The molecule has 116 valence electrons. The number of aliphatic hydroxyl groups excluding tert-OH is 1. The van der Waals surface area contributed by atoms with E-state index in [1.54, 1.807) is 4.90 Å². The molecular weight excluding hydrogens is 266 g/mol. The fourth-order valence-corrected chi connectivity index (χ4v) is 2.66. The predicted octanol–water partition coefficient (Wildman–Crippen LogP) is 2.30. The fourth-order valence-electron chi connectivity index (χ4n) is 2.66. The molecule has 0 heterocycles. The van der Waals surface area contributed by atoms with Crippen LogP contribution in [0.25, 0.3) is 0 Å². The van der Waals surface area contributed by atoms with Crippen LogP contribution in [0.1, 0.15) is 30.4 Å². The van der Waals surface area contributed by atoms with Gasteiger partial charge in [0.15, 0.2) is 0 Å². The number of hydrogen-bond acceptors (Lipinski definition) is 3. The largest absolute Gasteiger partial charge is 0.493 e. The van der Waals surface area contributed by atoms with Crippen molar-refractivity contribution in [3.05, 3.63) is 29.3 Å². The molecule has 2 rings (SSSR count). The molecule has 1 aliphatic carbocycles. The summed E-state index contributed by atoms with van der Waals surface area (Å²) in [6.45, 7) is 5.22. The molecule has 0 spiro atoms. The molecule has 1 saturated carbocycles. The van der Waals surface area contributed by atoms with E-state index in [1.807, 2.05) is 39.1 Å². The highest BCUT2D eigenvalue weighted by Crippen LogP contribution is 2.27. The number of aliphatic hydroxyl groups is 1. The van der Waals surface area contributed by atoms with Crippen molar-refractivity contribution >= 4 is 5.91 Å². The summed E-state index contributed by atoms with van der Waals surface area (Å²) in [6.07, 6.45) is 1.86. The van der Waals surface area contributed by atoms with Crippen LogP contribution < -0.4 is 4.74 Å². The van der Waals surface area contributed by atoms with Gasteiger partial charge in [0.25, 0.3) is 0 Å². The van der Waals surface area contributed by atoms with E-state index in [2.05, 4.69) is 0 Å². The number of benzene rings is 1. The lowest BCUT2D eigenvalue weighted by atomic mass is 9.82. The highest BCUT2D eigenvalue weighted by Gasteiger charge is 2.28. The summed E-state index contributed by atoms with van der Waals surface area (Å²) in [5.41, 5.74) is 2.32. The normalized spacial score (nSPS) is 20.8. The third kappa shape index (κ3) is 4.21. The molecule has 1 amide bonds. The summed E-state index contributed by atoms with van der Waals surface area (Å²) < 4.78 is 5.71. The molecular formula is C17H25NO3. The number of rotatable bonds is 6. The van der Waals surface area contributed by atoms with Gasteiger partial charge in [-0.15, -0.1) is 0 Å². The van der Waals surface area contributed by atoms with Gasteiger partial charge in [-0.2, -0.15) is 0 Å². The van der Waals surface area contributed by atoms with Gasteiger partial charge in [-0.3, -0.25) is 4.79 Å². The van der Waals surface area contributed by atoms with Crippen LogP contribution in [0.15, 0.2) is 18.2 Å². The van der Waals surface area contributed by atoms with Crippen molar-refractivity contribution in [3.63, 3.8) is 0 Å². The maximum Gasteiger partial charge on any atom is 0.225 e. The molecule has 0 unspecified atom stereocenters. The summed E-state index contributed by atoms with van der Waals surface area (Å²) in [5.74, 6) is 1.41. The maximum atomic E-state index is 12.0. The lowest BCUT2D eigenvalue weighted by Crippen LogP contribution is -2.39. The van der Waals surface area contributed by atoms with Gasteiger partial charge < -0.3 is 14.7 Å². The monoisotopic (exact) mass is 291 g/mol. The standard InChI is InChI=1S/C17H25NO3/c1-12-5-4-6-16(13(12)2)21-8-7-17(20)18(3)11-14-9-15(19)10-14/h4-6,14-15,19H,7-11H2,1-3H3. The van der Waals surface area contributed by atoms with Gasteiger partial charge in [-0.1, -0.05) is 12.1 Å². The van der Waals surface area contributed by atoms with Crippen molar-refractivity contribution < 1.29 is 14.6 Å². The first-order valence-corrected chi connectivity index (χ1v) is 7.58. The first-order valence-electron chi connectivity index (χ1n) is 7.58. The van der Waals surface area contributed by atoms with Crippen LogP contribution in [0, 0.1) is 19.8 Å². The number of carbonyl (C=O) groups is 1. The van der Waals surface area contributed by atoms with Gasteiger partial charge in [0.05, 0.1) is 19.1 Å². The van der Waals surface area contributed by atoms with Crippen LogP contribution in [0.3, 0.4) is 0 Å². The first kappa shape index (κ1) is 15.8. The van der Waals surface area contributed by atoms with E-state index >= 15 is 0 Å². The fraction of sp³-hybridized carbons (Fsp3) is 0.588. The first-order chi connectivity index (χ1) is 9.97. The molecule has 21 heavy (non-hydrogen) atoms. The van der Waals surface area contributed by atoms with Crippen LogP contribution in [-0.4, -0.2) is 42.2 Å². The SMILES string of the molecule is Cc1cccc(OCCC(=O)N(C)CC2CC(O)C2)c1C. The zero-order valence-electron chi connectivity index (χ0n) is 13.1. The van der Waals surface area contributed by atoms with Crippen molar-refractivity contribution in [2.75, 3.05) is 20.2 Å². The Balaban J connectivity index is 1.72. The summed E-state index contributed by atoms with van der Waals surface area (Å²) in [7, 11) is 1.82. The molecule has 1 aliphatic rings. The smallest absolute Gasteiger partial charge is 0.225 e. The Morgan fingerprint density at radius 2 is 2.10 bits per heavy atom. The molecule has 0 atom stereocenters. The lowest BCUT2D eigenvalue weighted by molar-refractivity contribution is -0.132. The Labute approximate surface area is 126 Å². The van der Waals surface area contributed by atoms with E-state index in [9.17, 15) is 9.90 Å². The number of carbonyl (C=O) groups excluding carboxylic acids is 1. The minimum absolute atomic E-state index is 0.0988. The lowest BCUT2D eigenvalue weighted by Gasteiger charge is -2.34. The molecule has 0 aliphatic heterocycles. The Kier molecular flexibility index (Phi) is 5.23. The summed E-state index contributed by atoms with van der Waals surface area (Å²) in [4.78, 5) is 13.8. The van der Waals surface area contributed by atoms with Gasteiger partial charge in [0.1, 0.15) is 5.75 Å². The molecule has 0 aromatic heterocycles. The third-order valence-corrected chi connectivity index (χ3v) is 4.30. The minimum Gasteiger partial charge on any atom is -0.493 e. The van der Waals surface area contributed by atoms with E-state index in [0.717, 1.165) is 30.7 Å². The number of amides is 1. The average Bonchev–Trinajstić information content (AvgIpc) is 2.41. The molecule has 0 bridgehead atoms. The number of nitrogens with zero attached hydrogens (tertiary/aromatic N) is 1. The minimum atomic E-state index is -0.161. The molecule has 4 heteroatoms. The molecule has 1 N–H and O–H groups in total. The second-order valence-electron chi connectivity index (χ2n) is 6.06. The number of hydrogen-bond donors (Lipinski definition) is 1. The van der Waals surface area contributed by atoms with Crippen molar-refractivity contribution in [1.82, 2.24) is 4.90 Å². The quantitative estimate of drug-likeness (QED) is 0.875. The zero-order chi connectivity index (χ0) is 15.4. The molecule has 1 fully saturated rings. The van der Waals surface area contributed by atoms with E-state index in [1.165, 1.54) is 5.56 Å². The molecule has 1 aromatic carbocycles. The highest BCUT2D eigenvalue weighted by atomic mass is 16.5. The Bertz CT molecular complexity index is 495. The van der Waals surface area contributed by atoms with Gasteiger partial charge in [0.2, 0.25) is 5.91 Å². The second kappa shape index (κ2) is 6.94. The Morgan fingerprint density at radius 1 is 1.38 bits per heavy atom. The Morgan fingerprint density at radius 3 is 2.76 bits per heavy atom. The molecule has 0 radical (unpaired) electrons. The number of aryl methyl sites for hydroxylation is 1. The van der Waals surface area contributed by atoms with Crippen molar-refractivity contribution in [3.8, 4) is 5.75 Å². The molecule has 1 aromatic rings. The van der Waals surface area contributed by atoms with Gasteiger partial charge in [0, 0.05) is 13.6 Å². The van der Waals surface area contributed by atoms with Gasteiger partial charge >= 0.3 is 0 Å². The Hall–Kier alpha value is -1.55. The van der Waals surface area contributed by atoms with Crippen LogP contribution in [-0.2, 0) is 4.79 Å². The van der Waals surface area contributed by atoms with Crippen LogP contribution in [0.2, 0.25) is 0 Å². The predicted molar refractivity (Wildman–Crippen MR) is 82.4 cm³/mol. The van der Waals surface area contributed by atoms with E-state index in [4.69, 9.17) is 4.74 Å². The van der Waals surface area contributed by atoms with Crippen molar-refractivity contribution in [2.24, 2.45) is 5.92 Å². The highest BCUT2D eigenvalue weighted by molar-refractivity contribution is 5.76.